The molecule has 0 atom stereocenters. The first kappa shape index (κ1) is 21.2. The van der Waals surface area contributed by atoms with Crippen molar-refractivity contribution in [3.8, 4) is 0 Å². The fourth-order valence-corrected chi connectivity index (χ4v) is 4.72. The van der Waals surface area contributed by atoms with Crippen molar-refractivity contribution in [3.05, 3.63) is 72.3 Å². The lowest BCUT2D eigenvalue weighted by atomic mass is 9.91. The Bertz CT molecular complexity index is 1290. The highest BCUT2D eigenvalue weighted by atomic mass is 16.1. The molecule has 168 valence electrons. The first-order valence-electron chi connectivity index (χ1n) is 11.6. The number of rotatable bonds is 5. The zero-order chi connectivity index (χ0) is 22.8. The van der Waals surface area contributed by atoms with E-state index in [1.54, 1.807) is 0 Å². The number of carbonyl (C=O) groups excluding carboxylic acids is 1. The third kappa shape index (κ3) is 4.46. The molecule has 3 aromatic carbocycles. The van der Waals surface area contributed by atoms with E-state index in [4.69, 9.17) is 9.97 Å². The van der Waals surface area contributed by atoms with Gasteiger partial charge in [0.25, 0.3) is 5.91 Å². The molecule has 4 aromatic rings. The van der Waals surface area contributed by atoms with Crippen LogP contribution in [0.5, 0.6) is 0 Å². The summed E-state index contributed by atoms with van der Waals surface area (Å²) in [6.45, 7) is 0. The lowest BCUT2D eigenvalue weighted by Gasteiger charge is -2.30. The van der Waals surface area contributed by atoms with E-state index in [1.165, 1.54) is 0 Å². The van der Waals surface area contributed by atoms with Crippen LogP contribution in [-0.4, -0.2) is 42.1 Å². The Morgan fingerprint density at radius 3 is 2.27 bits per heavy atom. The van der Waals surface area contributed by atoms with Crippen LogP contribution in [0, 0.1) is 0 Å². The van der Waals surface area contributed by atoms with Gasteiger partial charge in [-0.25, -0.2) is 4.98 Å². The molecule has 1 aromatic heterocycles. The maximum atomic E-state index is 13.0. The highest BCUT2D eigenvalue weighted by Gasteiger charge is 2.24. The van der Waals surface area contributed by atoms with Crippen LogP contribution in [-0.2, 0) is 0 Å². The molecular weight excluding hydrogens is 410 g/mol. The molecular formula is C27H29N5O. The predicted octanol–water partition coefficient (Wildman–Crippen LogP) is 5.00. The number of fused-ring (bicyclic) bond motifs is 2. The molecule has 1 heterocycles. The van der Waals surface area contributed by atoms with Gasteiger partial charge in [-0.15, -0.1) is 0 Å². The standard InChI is InChI=1S/C27H29N5O/c1-32(2)25-23-11-5-6-13-24(23)30-27(31-25)29-20-16-14-19(15-17-20)28-26(33)22-12-7-9-18-8-3-4-10-21(18)22/h3-13,19-20H,14-17H2,1-2H3,(H,28,33)(H,29,30,31). The molecule has 0 unspecified atom stereocenters. The SMILES string of the molecule is CN(C)c1nc(NC2CCC(NC(=O)c3cccc4ccccc34)CC2)nc2ccccc12. The molecule has 1 amide bonds. The third-order valence-electron chi connectivity index (χ3n) is 6.44. The molecule has 0 aliphatic heterocycles. The normalized spacial score (nSPS) is 18.2. The number of aromatic nitrogens is 2. The van der Waals surface area contributed by atoms with Crippen molar-refractivity contribution in [2.75, 3.05) is 24.3 Å². The third-order valence-corrected chi connectivity index (χ3v) is 6.44. The van der Waals surface area contributed by atoms with Crippen LogP contribution in [0.4, 0.5) is 11.8 Å². The predicted molar refractivity (Wildman–Crippen MR) is 135 cm³/mol. The van der Waals surface area contributed by atoms with Gasteiger partial charge in [0.1, 0.15) is 5.82 Å². The van der Waals surface area contributed by atoms with Crippen LogP contribution < -0.4 is 15.5 Å². The van der Waals surface area contributed by atoms with Gasteiger partial charge >= 0.3 is 0 Å². The van der Waals surface area contributed by atoms with E-state index in [9.17, 15) is 4.79 Å². The summed E-state index contributed by atoms with van der Waals surface area (Å²) in [6, 6.07) is 22.5. The van der Waals surface area contributed by atoms with E-state index in [2.05, 4.69) is 16.7 Å². The van der Waals surface area contributed by atoms with Gasteiger partial charge in [0.05, 0.1) is 5.52 Å². The summed E-state index contributed by atoms with van der Waals surface area (Å²) in [4.78, 5) is 24.5. The fraction of sp³-hybridized carbons (Fsp3) is 0.296. The van der Waals surface area contributed by atoms with Crippen LogP contribution in [0.2, 0.25) is 0 Å². The van der Waals surface area contributed by atoms with Gasteiger partial charge in [0.15, 0.2) is 0 Å². The average molecular weight is 440 g/mol. The molecule has 6 heteroatoms. The minimum atomic E-state index is 0.0108. The first-order chi connectivity index (χ1) is 16.1. The highest BCUT2D eigenvalue weighted by molar-refractivity contribution is 6.07. The number of hydrogen-bond acceptors (Lipinski definition) is 5. The Morgan fingerprint density at radius 2 is 1.48 bits per heavy atom. The number of hydrogen-bond donors (Lipinski definition) is 2. The summed E-state index contributed by atoms with van der Waals surface area (Å²) in [7, 11) is 4.00. The van der Waals surface area contributed by atoms with Gasteiger partial charge in [-0.05, 0) is 54.7 Å². The van der Waals surface area contributed by atoms with Crippen LogP contribution in [0.1, 0.15) is 36.0 Å². The van der Waals surface area contributed by atoms with Crippen molar-refractivity contribution in [3.63, 3.8) is 0 Å². The Morgan fingerprint density at radius 1 is 0.818 bits per heavy atom. The fourth-order valence-electron chi connectivity index (χ4n) is 4.72. The van der Waals surface area contributed by atoms with E-state index in [0.29, 0.717) is 12.0 Å². The quantitative estimate of drug-likeness (QED) is 0.458. The van der Waals surface area contributed by atoms with E-state index >= 15 is 0 Å². The zero-order valence-corrected chi connectivity index (χ0v) is 19.1. The van der Waals surface area contributed by atoms with Crippen LogP contribution in [0.25, 0.3) is 21.7 Å². The number of anilines is 2. The topological polar surface area (TPSA) is 70.2 Å². The number of amides is 1. The van der Waals surface area contributed by atoms with Gasteiger partial charge in [-0.3, -0.25) is 4.79 Å². The second-order valence-electron chi connectivity index (χ2n) is 8.98. The maximum Gasteiger partial charge on any atom is 0.252 e. The highest BCUT2D eigenvalue weighted by Crippen LogP contribution is 2.27. The Labute approximate surface area is 194 Å². The molecule has 33 heavy (non-hydrogen) atoms. The van der Waals surface area contributed by atoms with E-state index in [0.717, 1.165) is 58.7 Å². The van der Waals surface area contributed by atoms with Gasteiger partial charge in [-0.1, -0.05) is 48.5 Å². The summed E-state index contributed by atoms with van der Waals surface area (Å²) < 4.78 is 0. The average Bonchev–Trinajstić information content (AvgIpc) is 2.84. The zero-order valence-electron chi connectivity index (χ0n) is 19.1. The largest absolute Gasteiger partial charge is 0.362 e. The van der Waals surface area contributed by atoms with E-state index < -0.39 is 0 Å². The molecule has 1 aliphatic carbocycles. The molecule has 1 aliphatic rings. The molecule has 6 nitrogen and oxygen atoms in total. The minimum Gasteiger partial charge on any atom is -0.362 e. The molecule has 1 fully saturated rings. The maximum absolute atomic E-state index is 13.0. The van der Waals surface area contributed by atoms with Gasteiger partial charge in [0, 0.05) is 37.1 Å². The molecule has 5 rings (SSSR count). The van der Waals surface area contributed by atoms with E-state index in [1.807, 2.05) is 79.7 Å². The van der Waals surface area contributed by atoms with Gasteiger partial charge < -0.3 is 15.5 Å². The summed E-state index contributed by atoms with van der Waals surface area (Å²) in [5, 5.41) is 9.93. The Balaban J connectivity index is 1.23. The van der Waals surface area contributed by atoms with Gasteiger partial charge in [0.2, 0.25) is 5.95 Å². The number of carbonyl (C=O) groups is 1. The molecule has 0 bridgehead atoms. The van der Waals surface area contributed by atoms with Crippen molar-refractivity contribution in [2.45, 2.75) is 37.8 Å². The summed E-state index contributed by atoms with van der Waals surface area (Å²) in [5.74, 6) is 1.59. The minimum absolute atomic E-state index is 0.0108. The molecule has 0 saturated heterocycles. The van der Waals surface area contributed by atoms with Gasteiger partial charge in [-0.2, -0.15) is 4.98 Å². The van der Waals surface area contributed by atoms with Crippen molar-refractivity contribution >= 4 is 39.3 Å². The van der Waals surface area contributed by atoms with Crippen molar-refractivity contribution < 1.29 is 4.79 Å². The number of nitrogens with zero attached hydrogens (tertiary/aromatic N) is 3. The lowest BCUT2D eigenvalue weighted by molar-refractivity contribution is 0.0928. The number of para-hydroxylation sites is 1. The number of benzene rings is 3. The van der Waals surface area contributed by atoms with Crippen molar-refractivity contribution in [2.24, 2.45) is 0 Å². The smallest absolute Gasteiger partial charge is 0.252 e. The van der Waals surface area contributed by atoms with Crippen molar-refractivity contribution in [1.29, 1.82) is 0 Å². The molecule has 2 N–H and O–H groups in total. The molecule has 0 radical (unpaired) electrons. The van der Waals surface area contributed by atoms with Crippen LogP contribution in [0.15, 0.2) is 66.7 Å². The number of nitrogens with one attached hydrogen (secondary N) is 2. The Kier molecular flexibility index (Phi) is 5.82. The summed E-state index contributed by atoms with van der Waals surface area (Å²) >= 11 is 0. The Hall–Kier alpha value is -3.67. The van der Waals surface area contributed by atoms with E-state index in [-0.39, 0.29) is 11.9 Å². The summed E-state index contributed by atoms with van der Waals surface area (Å²) in [6.07, 6.45) is 3.80. The van der Waals surface area contributed by atoms with Crippen LogP contribution in [0.3, 0.4) is 0 Å². The molecule has 1 saturated carbocycles. The summed E-state index contributed by atoms with van der Waals surface area (Å²) in [5.41, 5.74) is 1.68. The van der Waals surface area contributed by atoms with Crippen LogP contribution >= 0.6 is 0 Å². The first-order valence-corrected chi connectivity index (χ1v) is 11.6. The monoisotopic (exact) mass is 439 g/mol. The lowest BCUT2D eigenvalue weighted by Crippen LogP contribution is -2.40. The second kappa shape index (κ2) is 9.06. The molecule has 0 spiro atoms. The van der Waals surface area contributed by atoms with Crippen molar-refractivity contribution in [1.82, 2.24) is 15.3 Å². The second-order valence-corrected chi connectivity index (χ2v) is 8.98.